The van der Waals surface area contributed by atoms with Crippen LogP contribution in [0.4, 0.5) is 5.82 Å². The minimum atomic E-state index is -0.244. The van der Waals surface area contributed by atoms with Crippen LogP contribution in [0, 0.1) is 0 Å². The summed E-state index contributed by atoms with van der Waals surface area (Å²) < 4.78 is 13.1. The molecular weight excluding hydrogens is 516 g/mol. The number of ether oxygens (including phenoxy) is 2. The van der Waals surface area contributed by atoms with Gasteiger partial charge in [0.15, 0.2) is 0 Å². The summed E-state index contributed by atoms with van der Waals surface area (Å²) in [4.78, 5) is 24.0. The number of methoxy groups -OCH3 is 2. The van der Waals surface area contributed by atoms with Crippen molar-refractivity contribution in [1.29, 1.82) is 0 Å². The number of hydrogen-bond donors (Lipinski definition) is 2. The lowest BCUT2D eigenvalue weighted by atomic mass is 9.93. The molecule has 1 amide bonds. The van der Waals surface area contributed by atoms with Crippen LogP contribution in [0.1, 0.15) is 42.9 Å². The summed E-state index contributed by atoms with van der Waals surface area (Å²) in [6.45, 7) is 2.99. The van der Waals surface area contributed by atoms with Crippen molar-refractivity contribution in [2.75, 3.05) is 39.6 Å². The fourth-order valence-corrected chi connectivity index (χ4v) is 5.81. The van der Waals surface area contributed by atoms with Gasteiger partial charge in [-0.2, -0.15) is 0 Å². The molecule has 4 N–H and O–H groups in total. The lowest BCUT2D eigenvalue weighted by Crippen LogP contribution is -2.42. The number of benzene rings is 1. The van der Waals surface area contributed by atoms with E-state index in [1.54, 1.807) is 26.5 Å². The van der Waals surface area contributed by atoms with Crippen LogP contribution < -0.4 is 16.2 Å². The molecule has 1 saturated heterocycles. The molecule has 2 unspecified atom stereocenters. The van der Waals surface area contributed by atoms with Gasteiger partial charge in [0.2, 0.25) is 11.8 Å². The average molecular weight is 557 g/mol. The molecular formula is C32H40N6O3. The minimum absolute atomic E-state index is 0.122. The lowest BCUT2D eigenvalue weighted by Gasteiger charge is -2.34. The largest absolute Gasteiger partial charge is 0.481 e. The molecule has 41 heavy (non-hydrogen) atoms. The molecule has 1 fully saturated rings. The quantitative estimate of drug-likeness (QED) is 0.263. The van der Waals surface area contributed by atoms with Crippen LogP contribution in [-0.4, -0.2) is 65.3 Å². The Morgan fingerprint density at radius 3 is 2.61 bits per heavy atom. The summed E-state index contributed by atoms with van der Waals surface area (Å²) >= 11 is 0. The summed E-state index contributed by atoms with van der Waals surface area (Å²) in [5.74, 6) is 1.47. The molecule has 5 rings (SSSR count). The molecule has 9 heteroatoms. The first-order valence-electron chi connectivity index (χ1n) is 14.3. The monoisotopic (exact) mass is 556 g/mol. The molecule has 216 valence electrons. The number of carbonyl (C=O) groups excluding carboxylic acids is 1. The van der Waals surface area contributed by atoms with Crippen LogP contribution in [-0.2, 0) is 22.5 Å². The number of nitrogens with two attached hydrogens (primary N) is 2. The van der Waals surface area contributed by atoms with E-state index in [0.29, 0.717) is 37.7 Å². The van der Waals surface area contributed by atoms with E-state index in [9.17, 15) is 4.79 Å². The third kappa shape index (κ3) is 6.86. The number of fused-ring (bicyclic) bond motifs is 1. The molecule has 4 aromatic rings. The topological polar surface area (TPSA) is 122 Å². The van der Waals surface area contributed by atoms with Crippen LogP contribution in [0.15, 0.2) is 60.9 Å². The summed E-state index contributed by atoms with van der Waals surface area (Å²) in [6.07, 6.45) is 7.52. The second-order valence-electron chi connectivity index (χ2n) is 10.9. The summed E-state index contributed by atoms with van der Waals surface area (Å²) in [5.41, 5.74) is 17.7. The Balaban J connectivity index is 1.23. The number of amides is 1. The Morgan fingerprint density at radius 1 is 1.07 bits per heavy atom. The fraction of sp³-hybridized carbons (Fsp3) is 0.406. The molecule has 1 aliphatic heterocycles. The highest BCUT2D eigenvalue weighted by Crippen LogP contribution is 2.33. The molecule has 0 saturated carbocycles. The molecule has 0 aliphatic carbocycles. The Morgan fingerprint density at radius 2 is 1.88 bits per heavy atom. The first-order chi connectivity index (χ1) is 19.9. The maximum absolute atomic E-state index is 13.4. The Hall–Kier alpha value is -3.95. The van der Waals surface area contributed by atoms with Gasteiger partial charge in [0.25, 0.3) is 0 Å². The van der Waals surface area contributed by atoms with E-state index in [4.69, 9.17) is 20.9 Å². The van der Waals surface area contributed by atoms with E-state index >= 15 is 0 Å². The summed E-state index contributed by atoms with van der Waals surface area (Å²) in [5, 5.41) is 1.09. The number of hydrogen-bond acceptors (Lipinski definition) is 7. The molecule has 1 aliphatic rings. The number of piperidine rings is 1. The fourth-order valence-electron chi connectivity index (χ4n) is 5.81. The van der Waals surface area contributed by atoms with Crippen molar-refractivity contribution in [3.8, 4) is 17.0 Å². The predicted molar refractivity (Wildman–Crippen MR) is 162 cm³/mol. The van der Waals surface area contributed by atoms with Crippen LogP contribution in [0.25, 0.3) is 22.0 Å². The van der Waals surface area contributed by atoms with Gasteiger partial charge in [-0.15, -0.1) is 0 Å². The first kappa shape index (κ1) is 28.6. The Kier molecular flexibility index (Phi) is 9.16. The van der Waals surface area contributed by atoms with Gasteiger partial charge in [0, 0.05) is 86.8 Å². The molecule has 3 aromatic heterocycles. The maximum atomic E-state index is 13.4. The van der Waals surface area contributed by atoms with Crippen molar-refractivity contribution in [2.45, 2.75) is 50.6 Å². The van der Waals surface area contributed by atoms with Gasteiger partial charge in [-0.05, 0) is 55.0 Å². The number of nitrogens with zero attached hydrogens (tertiary/aromatic N) is 4. The predicted octanol–water partition coefficient (Wildman–Crippen LogP) is 4.39. The molecule has 0 spiro atoms. The van der Waals surface area contributed by atoms with Gasteiger partial charge in [0.05, 0.1) is 12.6 Å². The number of aryl methyl sites for hydroxylation is 1. The molecule has 2 atom stereocenters. The number of carbonyl (C=O) groups is 1. The maximum Gasteiger partial charge on any atom is 0.224 e. The second-order valence-corrected chi connectivity index (χ2v) is 10.9. The normalized spacial score (nSPS) is 16.2. The van der Waals surface area contributed by atoms with Gasteiger partial charge < -0.3 is 30.4 Å². The van der Waals surface area contributed by atoms with Crippen LogP contribution >= 0.6 is 0 Å². The molecule has 0 bridgehead atoms. The van der Waals surface area contributed by atoms with E-state index < -0.39 is 0 Å². The van der Waals surface area contributed by atoms with Gasteiger partial charge in [-0.1, -0.05) is 24.3 Å². The third-order valence-electron chi connectivity index (χ3n) is 7.93. The number of likely N-dealkylation sites (tertiary alicyclic amines) is 1. The number of pyridine rings is 2. The third-order valence-corrected chi connectivity index (χ3v) is 7.93. The van der Waals surface area contributed by atoms with Crippen LogP contribution in [0.3, 0.4) is 0 Å². The Labute approximate surface area is 241 Å². The van der Waals surface area contributed by atoms with Gasteiger partial charge in [-0.25, -0.2) is 9.97 Å². The average Bonchev–Trinajstić information content (AvgIpc) is 3.36. The first-order valence-corrected chi connectivity index (χ1v) is 14.3. The Bertz CT molecular complexity index is 1450. The second kappa shape index (κ2) is 13.1. The van der Waals surface area contributed by atoms with Gasteiger partial charge in [0.1, 0.15) is 5.82 Å². The van der Waals surface area contributed by atoms with E-state index in [1.807, 2.05) is 23.2 Å². The summed E-state index contributed by atoms with van der Waals surface area (Å²) in [7, 11) is 3.36. The lowest BCUT2D eigenvalue weighted by molar-refractivity contribution is -0.132. The minimum Gasteiger partial charge on any atom is -0.481 e. The van der Waals surface area contributed by atoms with Gasteiger partial charge in [-0.3, -0.25) is 4.79 Å². The zero-order chi connectivity index (χ0) is 28.8. The highest BCUT2D eigenvalue weighted by Gasteiger charge is 2.28. The highest BCUT2D eigenvalue weighted by atomic mass is 16.5. The number of nitrogen functional groups attached to an aromatic ring is 1. The van der Waals surface area contributed by atoms with E-state index in [-0.39, 0.29) is 17.9 Å². The molecule has 1 aromatic carbocycles. The smallest absolute Gasteiger partial charge is 0.224 e. The number of aromatic nitrogens is 3. The van der Waals surface area contributed by atoms with Crippen LogP contribution in [0.5, 0.6) is 5.88 Å². The van der Waals surface area contributed by atoms with E-state index in [2.05, 4.69) is 44.9 Å². The van der Waals surface area contributed by atoms with Crippen molar-refractivity contribution in [1.82, 2.24) is 19.4 Å². The van der Waals surface area contributed by atoms with Gasteiger partial charge >= 0.3 is 0 Å². The molecule has 9 nitrogen and oxygen atoms in total. The summed E-state index contributed by atoms with van der Waals surface area (Å²) in [6, 6.07) is 16.0. The van der Waals surface area contributed by atoms with Crippen molar-refractivity contribution >= 4 is 22.6 Å². The van der Waals surface area contributed by atoms with Crippen LogP contribution in [0.2, 0.25) is 0 Å². The van der Waals surface area contributed by atoms with E-state index in [1.165, 1.54) is 5.69 Å². The SMILES string of the molecule is COCCCn1c(C2CCCN(C(=O)CC(N)Cc3ccc(-c4ccc(N)nc4)cc3)C2)cc2cnc(OC)cc21. The number of anilines is 1. The zero-order valence-corrected chi connectivity index (χ0v) is 24.0. The van der Waals surface area contributed by atoms with Crippen molar-refractivity contribution in [2.24, 2.45) is 5.73 Å². The molecule has 4 heterocycles. The van der Waals surface area contributed by atoms with Crippen molar-refractivity contribution < 1.29 is 14.3 Å². The van der Waals surface area contributed by atoms with E-state index in [0.717, 1.165) is 59.9 Å². The zero-order valence-electron chi connectivity index (χ0n) is 24.0. The number of rotatable bonds is 11. The van der Waals surface area contributed by atoms with Crippen molar-refractivity contribution in [3.05, 3.63) is 72.2 Å². The van der Waals surface area contributed by atoms with Crippen molar-refractivity contribution in [3.63, 3.8) is 0 Å². The highest BCUT2D eigenvalue weighted by molar-refractivity contribution is 5.82. The standard InChI is InChI=1S/C32H40N6O3/c1-40-14-4-13-38-28(16-26-20-36-31(41-2)18-29(26)38)25-5-3-12-37(21-25)32(39)17-27(33)15-22-6-8-23(9-7-22)24-10-11-30(34)35-19-24/h6-11,16,18-20,25,27H,3-5,12-15,17,21,33H2,1-2H3,(H2,34,35). The molecule has 0 radical (unpaired) electrons.